The normalized spacial score (nSPS) is 12.6. The Labute approximate surface area is 196 Å². The van der Waals surface area contributed by atoms with Gasteiger partial charge < -0.3 is 13.9 Å². The predicted molar refractivity (Wildman–Crippen MR) is 128 cm³/mol. The van der Waals surface area contributed by atoms with E-state index in [2.05, 4.69) is 4.72 Å². The van der Waals surface area contributed by atoms with Crippen LogP contribution in [0.1, 0.15) is 18.1 Å². The van der Waals surface area contributed by atoms with Gasteiger partial charge in [0.05, 0.1) is 17.4 Å². The summed E-state index contributed by atoms with van der Waals surface area (Å²) in [5.74, 6) is -0.107. The number of hydrogen-bond acceptors (Lipinski definition) is 7. The second-order valence-electron chi connectivity index (χ2n) is 7.94. The molecule has 0 saturated carbocycles. The molecule has 4 rings (SSSR count). The number of rotatable bonds is 6. The summed E-state index contributed by atoms with van der Waals surface area (Å²) in [5, 5.41) is 1.71. The molecule has 0 saturated heterocycles. The zero-order valence-electron chi connectivity index (χ0n) is 19.0. The minimum absolute atomic E-state index is 0.0462. The number of sulfonamides is 1. The number of nitrogens with one attached hydrogen (secondary N) is 1. The summed E-state index contributed by atoms with van der Waals surface area (Å²) in [5.41, 5.74) is 1.08. The summed E-state index contributed by atoms with van der Waals surface area (Å²) in [6.07, 6.45) is 0. The molecular weight excluding hydrogens is 458 g/mol. The average molecular weight is 482 g/mol. The fraction of sp³-hybridized carbons (Fsp3) is 0.200. The molecule has 0 amide bonds. The minimum atomic E-state index is -3.92. The molecule has 1 heterocycles. The SMILES string of the molecule is COc1ccc2c(c1)c(=O)oc1c(C)c(OC(=O)[C@@H](C)NS(=O)(=O)c3ccc(C)cc3)ccc12. The van der Waals surface area contributed by atoms with Crippen LogP contribution in [0, 0.1) is 13.8 Å². The number of ether oxygens (including phenoxy) is 2. The van der Waals surface area contributed by atoms with Crippen LogP contribution in [0.2, 0.25) is 0 Å². The maximum atomic E-state index is 12.7. The van der Waals surface area contributed by atoms with Crippen molar-refractivity contribution in [1.82, 2.24) is 4.72 Å². The van der Waals surface area contributed by atoms with E-state index in [1.807, 2.05) is 6.92 Å². The smallest absolute Gasteiger partial charge is 0.344 e. The zero-order chi connectivity index (χ0) is 24.6. The molecule has 0 spiro atoms. The lowest BCUT2D eigenvalue weighted by molar-refractivity contribution is -0.135. The Kier molecular flexibility index (Phi) is 6.16. The number of hydrogen-bond donors (Lipinski definition) is 1. The number of fused-ring (bicyclic) bond motifs is 3. The van der Waals surface area contributed by atoms with Gasteiger partial charge in [0.1, 0.15) is 23.1 Å². The van der Waals surface area contributed by atoms with E-state index in [0.29, 0.717) is 27.5 Å². The molecule has 176 valence electrons. The van der Waals surface area contributed by atoms with E-state index in [9.17, 15) is 18.0 Å². The van der Waals surface area contributed by atoms with Crippen LogP contribution < -0.4 is 19.8 Å². The lowest BCUT2D eigenvalue weighted by atomic mass is 10.0. The van der Waals surface area contributed by atoms with Gasteiger partial charge in [-0.05, 0) is 63.2 Å². The highest BCUT2D eigenvalue weighted by Crippen LogP contribution is 2.32. The van der Waals surface area contributed by atoms with Crippen molar-refractivity contribution in [1.29, 1.82) is 0 Å². The monoisotopic (exact) mass is 481 g/mol. The maximum Gasteiger partial charge on any atom is 0.344 e. The van der Waals surface area contributed by atoms with Crippen LogP contribution in [0.4, 0.5) is 0 Å². The van der Waals surface area contributed by atoms with E-state index in [4.69, 9.17) is 13.9 Å². The van der Waals surface area contributed by atoms with E-state index in [0.717, 1.165) is 5.56 Å². The van der Waals surface area contributed by atoms with Crippen molar-refractivity contribution in [3.8, 4) is 11.5 Å². The standard InChI is InChI=1S/C25H23NO7S/c1-14-5-8-18(9-6-14)34(29,30)26-16(3)24(27)32-22-12-11-20-19-10-7-17(31-4)13-21(19)25(28)33-23(20)15(22)2/h5-13,16,26H,1-4H3/t16-/m1/s1. The third-order valence-corrected chi connectivity index (χ3v) is 7.07. The highest BCUT2D eigenvalue weighted by atomic mass is 32.2. The molecule has 3 aromatic carbocycles. The summed E-state index contributed by atoms with van der Waals surface area (Å²) in [6, 6.07) is 13.5. The number of carbonyl (C=O) groups is 1. The molecule has 0 bridgehead atoms. The van der Waals surface area contributed by atoms with Crippen molar-refractivity contribution < 1.29 is 27.1 Å². The van der Waals surface area contributed by atoms with Crippen LogP contribution in [-0.4, -0.2) is 27.5 Å². The summed E-state index contributed by atoms with van der Waals surface area (Å²) in [4.78, 5) is 25.3. The maximum absolute atomic E-state index is 12.7. The summed E-state index contributed by atoms with van der Waals surface area (Å²) in [7, 11) is -2.40. The topological polar surface area (TPSA) is 112 Å². The molecule has 0 radical (unpaired) electrons. The molecule has 8 nitrogen and oxygen atoms in total. The van der Waals surface area contributed by atoms with E-state index >= 15 is 0 Å². The number of aryl methyl sites for hydroxylation is 2. The Morgan fingerprint density at radius 1 is 0.971 bits per heavy atom. The minimum Gasteiger partial charge on any atom is -0.497 e. The first-order valence-corrected chi connectivity index (χ1v) is 11.9. The Bertz CT molecular complexity index is 1570. The van der Waals surface area contributed by atoms with E-state index in [1.54, 1.807) is 49.4 Å². The third kappa shape index (κ3) is 4.40. The quantitative estimate of drug-likeness (QED) is 0.193. The molecule has 0 aliphatic rings. The first kappa shape index (κ1) is 23.5. The molecule has 4 aromatic rings. The van der Waals surface area contributed by atoms with Crippen molar-refractivity contribution in [3.05, 3.63) is 76.1 Å². The van der Waals surface area contributed by atoms with Gasteiger partial charge in [-0.3, -0.25) is 0 Å². The van der Waals surface area contributed by atoms with Crippen LogP contribution in [-0.2, 0) is 14.8 Å². The van der Waals surface area contributed by atoms with Crippen LogP contribution in [0.5, 0.6) is 11.5 Å². The fourth-order valence-electron chi connectivity index (χ4n) is 3.59. The van der Waals surface area contributed by atoms with Crippen molar-refractivity contribution in [2.75, 3.05) is 7.11 Å². The summed E-state index contributed by atoms with van der Waals surface area (Å²) in [6.45, 7) is 4.90. The van der Waals surface area contributed by atoms with E-state index in [1.165, 1.54) is 26.2 Å². The van der Waals surface area contributed by atoms with Crippen molar-refractivity contribution in [2.45, 2.75) is 31.7 Å². The van der Waals surface area contributed by atoms with Gasteiger partial charge in [-0.15, -0.1) is 0 Å². The van der Waals surface area contributed by atoms with E-state index in [-0.39, 0.29) is 16.2 Å². The van der Waals surface area contributed by atoms with Gasteiger partial charge in [0.15, 0.2) is 0 Å². The van der Waals surface area contributed by atoms with Gasteiger partial charge in [0, 0.05) is 16.3 Å². The number of esters is 1. The first-order chi connectivity index (χ1) is 16.1. The Morgan fingerprint density at radius 2 is 1.65 bits per heavy atom. The molecule has 0 fully saturated rings. The van der Waals surface area contributed by atoms with Gasteiger partial charge in [-0.2, -0.15) is 4.72 Å². The molecule has 1 N–H and O–H groups in total. The van der Waals surface area contributed by atoms with Gasteiger partial charge in [-0.1, -0.05) is 17.7 Å². The molecule has 34 heavy (non-hydrogen) atoms. The Hall–Kier alpha value is -3.69. The lowest BCUT2D eigenvalue weighted by Crippen LogP contribution is -2.40. The molecule has 1 atom stereocenters. The van der Waals surface area contributed by atoms with Crippen molar-refractivity contribution in [3.63, 3.8) is 0 Å². The fourth-order valence-corrected chi connectivity index (χ4v) is 4.78. The highest BCUT2D eigenvalue weighted by molar-refractivity contribution is 7.89. The van der Waals surface area contributed by atoms with Gasteiger partial charge in [0.25, 0.3) is 0 Å². The molecule has 0 aliphatic carbocycles. The molecular formula is C25H23NO7S. The highest BCUT2D eigenvalue weighted by Gasteiger charge is 2.24. The van der Waals surface area contributed by atoms with Crippen molar-refractivity contribution in [2.24, 2.45) is 0 Å². The summed E-state index contributed by atoms with van der Waals surface area (Å²) < 4.78 is 43.6. The molecule has 0 aliphatic heterocycles. The molecule has 9 heteroatoms. The summed E-state index contributed by atoms with van der Waals surface area (Å²) >= 11 is 0. The van der Waals surface area contributed by atoms with Gasteiger partial charge in [0.2, 0.25) is 10.0 Å². The van der Waals surface area contributed by atoms with Crippen LogP contribution in [0.25, 0.3) is 21.7 Å². The van der Waals surface area contributed by atoms with E-state index < -0.39 is 27.7 Å². The number of carbonyl (C=O) groups excluding carboxylic acids is 1. The third-order valence-electron chi connectivity index (χ3n) is 5.52. The van der Waals surface area contributed by atoms with Crippen LogP contribution >= 0.6 is 0 Å². The zero-order valence-corrected chi connectivity index (χ0v) is 19.9. The van der Waals surface area contributed by atoms with Gasteiger partial charge >= 0.3 is 11.6 Å². The Morgan fingerprint density at radius 3 is 2.32 bits per heavy atom. The van der Waals surface area contributed by atoms with Crippen molar-refractivity contribution >= 4 is 37.7 Å². The first-order valence-electron chi connectivity index (χ1n) is 10.5. The second-order valence-corrected chi connectivity index (χ2v) is 9.66. The lowest BCUT2D eigenvalue weighted by Gasteiger charge is -2.15. The van der Waals surface area contributed by atoms with Crippen LogP contribution in [0.15, 0.2) is 68.7 Å². The second kappa shape index (κ2) is 8.92. The Balaban J connectivity index is 1.62. The molecule has 1 aromatic heterocycles. The predicted octanol–water partition coefficient (Wildman–Crippen LogP) is 3.84. The van der Waals surface area contributed by atoms with Crippen LogP contribution in [0.3, 0.4) is 0 Å². The van der Waals surface area contributed by atoms with Gasteiger partial charge in [-0.25, -0.2) is 18.0 Å². The molecule has 0 unspecified atom stereocenters. The number of methoxy groups -OCH3 is 1. The largest absolute Gasteiger partial charge is 0.497 e. The number of benzene rings is 3. The average Bonchev–Trinajstić information content (AvgIpc) is 2.81.